The van der Waals surface area contributed by atoms with Gasteiger partial charge in [-0.3, -0.25) is 4.90 Å². The van der Waals surface area contributed by atoms with Gasteiger partial charge in [-0.1, -0.05) is 46.3 Å². The third-order valence-electron chi connectivity index (χ3n) is 8.16. The van der Waals surface area contributed by atoms with Crippen LogP contribution < -0.4 is 5.32 Å². The maximum Gasteiger partial charge on any atom is 0.0505 e. The second-order valence-corrected chi connectivity index (χ2v) is 11.3. The van der Waals surface area contributed by atoms with Gasteiger partial charge in [0.15, 0.2) is 0 Å². The lowest BCUT2D eigenvalue weighted by Gasteiger charge is -2.63. The normalized spacial score (nSPS) is 39.2. The molecule has 0 amide bonds. The second-order valence-electron chi connectivity index (χ2n) is 10.1. The molecule has 4 saturated carbocycles. The van der Waals surface area contributed by atoms with Crippen LogP contribution in [-0.2, 0) is 5.41 Å². The highest BCUT2D eigenvalue weighted by Crippen LogP contribution is 2.65. The zero-order chi connectivity index (χ0) is 18.5. The zero-order valence-electron chi connectivity index (χ0n) is 16.2. The highest BCUT2D eigenvalue weighted by Gasteiger charge is 2.57. The van der Waals surface area contributed by atoms with Gasteiger partial charge in [-0.25, -0.2) is 0 Å². The van der Waals surface area contributed by atoms with Gasteiger partial charge in [0.2, 0.25) is 0 Å². The number of halogens is 2. The number of nitrogens with zero attached hydrogens (tertiary/aromatic N) is 1. The molecule has 6 rings (SSSR count). The van der Waals surface area contributed by atoms with Gasteiger partial charge in [-0.05, 0) is 91.7 Å². The predicted molar refractivity (Wildman–Crippen MR) is 122 cm³/mol. The number of nitrogens with one attached hydrogen (secondary N) is 1. The molecule has 2 nitrogen and oxygen atoms in total. The van der Waals surface area contributed by atoms with Gasteiger partial charge >= 0.3 is 0 Å². The molecule has 1 aromatic carbocycles. The molecule has 2 unspecified atom stereocenters. The van der Waals surface area contributed by atoms with Crippen molar-refractivity contribution in [2.24, 2.45) is 17.3 Å². The van der Waals surface area contributed by atoms with Gasteiger partial charge < -0.3 is 5.32 Å². The van der Waals surface area contributed by atoms with E-state index >= 15 is 0 Å². The standard InChI is InChI=1S/C23H32ClIN2/c24-20-3-1-19(2-4-20)23-12-17-9-18(13-23)11-22(10-17,14-23)15-26-21-5-7-27(16-25)8-6-21/h1-4,17-18,21,26H,5-16H2. The van der Waals surface area contributed by atoms with E-state index in [1.807, 2.05) is 0 Å². The van der Waals surface area contributed by atoms with Crippen molar-refractivity contribution >= 4 is 34.2 Å². The van der Waals surface area contributed by atoms with E-state index in [0.717, 1.165) is 22.9 Å². The summed E-state index contributed by atoms with van der Waals surface area (Å²) in [6, 6.07) is 9.62. The Morgan fingerprint density at radius 2 is 1.70 bits per heavy atom. The van der Waals surface area contributed by atoms with Crippen molar-refractivity contribution < 1.29 is 0 Å². The van der Waals surface area contributed by atoms with E-state index in [4.69, 9.17) is 11.6 Å². The Morgan fingerprint density at radius 1 is 1.04 bits per heavy atom. The van der Waals surface area contributed by atoms with E-state index in [0.29, 0.717) is 10.8 Å². The Hall–Kier alpha value is 0.160. The third kappa shape index (κ3) is 3.71. The molecule has 27 heavy (non-hydrogen) atoms. The van der Waals surface area contributed by atoms with Crippen LogP contribution in [0.2, 0.25) is 5.02 Å². The van der Waals surface area contributed by atoms with E-state index in [9.17, 15) is 0 Å². The van der Waals surface area contributed by atoms with Crippen molar-refractivity contribution in [3.05, 3.63) is 34.9 Å². The summed E-state index contributed by atoms with van der Waals surface area (Å²) in [6.07, 6.45) is 11.3. The number of hydrogen-bond acceptors (Lipinski definition) is 2. The Morgan fingerprint density at radius 3 is 2.33 bits per heavy atom. The molecule has 1 aromatic rings. The molecule has 0 radical (unpaired) electrons. The van der Waals surface area contributed by atoms with Gasteiger partial charge in [-0.2, -0.15) is 0 Å². The molecular formula is C23H32ClIN2. The first kappa shape index (κ1) is 19.1. The summed E-state index contributed by atoms with van der Waals surface area (Å²) in [5, 5.41) is 4.92. The summed E-state index contributed by atoms with van der Waals surface area (Å²) in [4.78, 5) is 2.58. The second kappa shape index (κ2) is 7.45. The topological polar surface area (TPSA) is 15.3 Å². The molecule has 4 aliphatic carbocycles. The lowest BCUT2D eigenvalue weighted by molar-refractivity contribution is -0.0722. The van der Waals surface area contributed by atoms with E-state index in [1.54, 1.807) is 5.56 Å². The van der Waals surface area contributed by atoms with Crippen LogP contribution in [0.1, 0.15) is 56.9 Å². The van der Waals surface area contributed by atoms with Crippen molar-refractivity contribution in [1.82, 2.24) is 10.2 Å². The minimum atomic E-state index is 0.431. The van der Waals surface area contributed by atoms with Crippen molar-refractivity contribution in [3.8, 4) is 0 Å². The van der Waals surface area contributed by atoms with Gasteiger partial charge in [-0.15, -0.1) is 0 Å². The monoisotopic (exact) mass is 498 g/mol. The van der Waals surface area contributed by atoms with Crippen molar-refractivity contribution in [1.29, 1.82) is 0 Å². The third-order valence-corrected chi connectivity index (χ3v) is 9.38. The van der Waals surface area contributed by atoms with Crippen LogP contribution in [-0.4, -0.2) is 35.1 Å². The number of likely N-dealkylation sites (tertiary alicyclic amines) is 1. The van der Waals surface area contributed by atoms with E-state index in [1.165, 1.54) is 75.6 Å². The van der Waals surface area contributed by atoms with Gasteiger partial charge in [0, 0.05) is 30.7 Å². The Labute approximate surface area is 182 Å². The average Bonchev–Trinajstić information content (AvgIpc) is 2.66. The quantitative estimate of drug-likeness (QED) is 0.322. The molecule has 1 N–H and O–H groups in total. The van der Waals surface area contributed by atoms with Crippen molar-refractivity contribution in [2.75, 3.05) is 24.2 Å². The molecular weight excluding hydrogens is 467 g/mol. The molecule has 0 aromatic heterocycles. The van der Waals surface area contributed by atoms with E-state index < -0.39 is 0 Å². The molecule has 1 heterocycles. The lowest BCUT2D eigenvalue weighted by Crippen LogP contribution is -2.58. The minimum Gasteiger partial charge on any atom is -0.313 e. The summed E-state index contributed by atoms with van der Waals surface area (Å²) in [6.45, 7) is 3.80. The molecule has 2 atom stereocenters. The zero-order valence-corrected chi connectivity index (χ0v) is 19.1. The molecule has 5 fully saturated rings. The highest BCUT2D eigenvalue weighted by molar-refractivity contribution is 14.1. The fourth-order valence-corrected chi connectivity index (χ4v) is 8.23. The minimum absolute atomic E-state index is 0.431. The molecule has 148 valence electrons. The Balaban J connectivity index is 1.31. The number of piperidine rings is 1. The number of rotatable bonds is 5. The van der Waals surface area contributed by atoms with Crippen molar-refractivity contribution in [2.45, 2.75) is 62.8 Å². The molecule has 0 spiro atoms. The van der Waals surface area contributed by atoms with Gasteiger partial charge in [0.05, 0.1) is 4.55 Å². The summed E-state index contributed by atoms with van der Waals surface area (Å²) < 4.78 is 1.18. The molecule has 5 aliphatic rings. The highest BCUT2D eigenvalue weighted by atomic mass is 127. The molecule has 4 bridgehead atoms. The molecule has 4 heteroatoms. The summed E-state index contributed by atoms with van der Waals surface area (Å²) in [7, 11) is 0. The van der Waals surface area contributed by atoms with E-state index in [2.05, 4.69) is 57.1 Å². The molecule has 1 aliphatic heterocycles. The fraction of sp³-hybridized carbons (Fsp3) is 0.739. The smallest absolute Gasteiger partial charge is 0.0505 e. The van der Waals surface area contributed by atoms with Gasteiger partial charge in [0.25, 0.3) is 0 Å². The van der Waals surface area contributed by atoms with Crippen LogP contribution in [0.3, 0.4) is 0 Å². The van der Waals surface area contributed by atoms with Crippen LogP contribution in [0.4, 0.5) is 0 Å². The van der Waals surface area contributed by atoms with Crippen LogP contribution in [0.15, 0.2) is 24.3 Å². The SMILES string of the molecule is Clc1ccc(C23CC4CC(CC(CNC5CCN(CI)CC5)(C4)C2)C3)cc1. The first-order valence-electron chi connectivity index (χ1n) is 10.9. The van der Waals surface area contributed by atoms with Gasteiger partial charge in [0.1, 0.15) is 0 Å². The number of alkyl halides is 1. The predicted octanol–water partition coefficient (Wildman–Crippen LogP) is 5.62. The maximum absolute atomic E-state index is 6.19. The van der Waals surface area contributed by atoms with Crippen LogP contribution in [0.5, 0.6) is 0 Å². The first-order chi connectivity index (χ1) is 13.1. The van der Waals surface area contributed by atoms with Crippen LogP contribution in [0.25, 0.3) is 0 Å². The largest absolute Gasteiger partial charge is 0.313 e. The summed E-state index contributed by atoms with van der Waals surface area (Å²) >= 11 is 8.69. The van der Waals surface area contributed by atoms with Crippen LogP contribution in [0, 0.1) is 17.3 Å². The summed E-state index contributed by atoms with van der Waals surface area (Å²) in [5.41, 5.74) is 2.55. The Bertz CT molecular complexity index is 653. The Kier molecular flexibility index (Phi) is 5.28. The maximum atomic E-state index is 6.19. The lowest BCUT2D eigenvalue weighted by atomic mass is 9.43. The first-order valence-corrected chi connectivity index (χ1v) is 12.8. The fourth-order valence-electron chi connectivity index (χ4n) is 7.42. The van der Waals surface area contributed by atoms with E-state index in [-0.39, 0.29) is 0 Å². The summed E-state index contributed by atoms with van der Waals surface area (Å²) in [5.74, 6) is 1.90. The van der Waals surface area contributed by atoms with Crippen molar-refractivity contribution in [3.63, 3.8) is 0 Å². The number of benzene rings is 1. The van der Waals surface area contributed by atoms with Crippen LogP contribution >= 0.6 is 34.2 Å². The average molecular weight is 499 g/mol. The molecule has 1 saturated heterocycles. The number of hydrogen-bond donors (Lipinski definition) is 1.